The van der Waals surface area contributed by atoms with E-state index in [-0.39, 0.29) is 36.8 Å². The summed E-state index contributed by atoms with van der Waals surface area (Å²) < 4.78 is 51.3. The normalized spacial score (nSPS) is 20.8. The van der Waals surface area contributed by atoms with Crippen molar-refractivity contribution in [1.29, 1.82) is 0 Å². The molecule has 35 N–H and O–H groups in total. The fourth-order valence-electron chi connectivity index (χ4n) is 14.9. The van der Waals surface area contributed by atoms with Gasteiger partial charge in [-0.25, -0.2) is 0 Å². The van der Waals surface area contributed by atoms with Crippen LogP contribution in [0.5, 0.6) is 0 Å². The second kappa shape index (κ2) is 68.5. The summed E-state index contributed by atoms with van der Waals surface area (Å²) in [7, 11) is 0. The number of aliphatic hydroxyl groups is 35. The van der Waals surface area contributed by atoms with Crippen molar-refractivity contribution in [2.24, 2.45) is 10.8 Å². The predicted molar refractivity (Wildman–Crippen MR) is 475 cm³/mol. The lowest BCUT2D eigenvalue weighted by Crippen LogP contribution is -2.59. The van der Waals surface area contributed by atoms with Crippen LogP contribution in [0, 0.1) is 10.8 Å². The third-order valence-electron chi connectivity index (χ3n) is 23.0. The van der Waals surface area contributed by atoms with Gasteiger partial charge in [0.25, 0.3) is 0 Å². The van der Waals surface area contributed by atoms with E-state index in [9.17, 15) is 179 Å². The van der Waals surface area contributed by atoms with Crippen molar-refractivity contribution in [2.75, 3.05) is 79.3 Å². The summed E-state index contributed by atoms with van der Waals surface area (Å²) >= 11 is 0. The van der Waals surface area contributed by atoms with Crippen LogP contribution in [0.15, 0.2) is 105 Å². The highest BCUT2D eigenvalue weighted by Crippen LogP contribution is 2.40. The largest absolute Gasteiger partial charge is 0.506 e. The Morgan fingerprint density at radius 3 is 0.784 bits per heavy atom. The third-order valence-corrected chi connectivity index (χ3v) is 23.0. The lowest BCUT2D eigenvalue weighted by molar-refractivity contribution is -0.311. The summed E-state index contributed by atoms with van der Waals surface area (Å²) in [5.74, 6) is -19.6. The molecule has 1 fully saturated rings. The van der Waals surface area contributed by atoms with Crippen molar-refractivity contribution < 1.29 is 221 Å². The Bertz CT molecular complexity index is 3460. The number of rotatable bonds is 79. The molecular weight excluding hydrogens is 1780 g/mol. The first-order chi connectivity index (χ1) is 63.8. The second-order valence-electron chi connectivity index (χ2n) is 33.8. The van der Waals surface area contributed by atoms with E-state index in [1.807, 2.05) is 0 Å². The van der Waals surface area contributed by atoms with E-state index in [1.165, 1.54) is 18.2 Å². The van der Waals surface area contributed by atoms with Gasteiger partial charge in [-0.15, -0.1) is 0 Å². The average molecular weight is 1940 g/mol. The summed E-state index contributed by atoms with van der Waals surface area (Å²) in [6, 6.07) is 6.13. The quantitative estimate of drug-likeness (QED) is 0.0240. The van der Waals surface area contributed by atoms with E-state index in [1.54, 1.807) is 6.07 Å². The Morgan fingerprint density at radius 1 is 0.291 bits per heavy atom. The molecule has 0 aromatic heterocycles. The van der Waals surface area contributed by atoms with Gasteiger partial charge < -0.3 is 221 Å². The van der Waals surface area contributed by atoms with E-state index in [0.717, 1.165) is 116 Å². The molecule has 0 saturated carbocycles. The van der Waals surface area contributed by atoms with Crippen LogP contribution in [-0.4, -0.2) is 375 Å². The highest BCUT2D eigenvalue weighted by Gasteiger charge is 2.47. The van der Waals surface area contributed by atoms with Gasteiger partial charge in [-0.05, 0) is 36.8 Å². The molecule has 0 aliphatic carbocycles. The Kier molecular flexibility index (Phi) is 63.1. The zero-order valence-electron chi connectivity index (χ0n) is 76.8. The maximum atomic E-state index is 12.0. The number of hydrogen-bond donors (Lipinski definition) is 35. The van der Waals surface area contributed by atoms with Gasteiger partial charge in [-0.2, -0.15) is 0 Å². The molecule has 1 aliphatic rings. The minimum atomic E-state index is -2.70. The zero-order chi connectivity index (χ0) is 101. The zero-order valence-corrected chi connectivity index (χ0v) is 76.8. The molecule has 782 valence electrons. The highest BCUT2D eigenvalue weighted by molar-refractivity contribution is 5.30. The van der Waals surface area contributed by atoms with Gasteiger partial charge in [0, 0.05) is 102 Å². The van der Waals surface area contributed by atoms with Crippen molar-refractivity contribution in [3.63, 3.8) is 0 Å². The Labute approximate surface area is 780 Å². The van der Waals surface area contributed by atoms with E-state index in [4.69, 9.17) is 42.6 Å². The van der Waals surface area contributed by atoms with Crippen molar-refractivity contribution >= 4 is 0 Å². The molecular formula is C90H158O44. The van der Waals surface area contributed by atoms with Crippen LogP contribution >= 0.6 is 0 Å². The summed E-state index contributed by atoms with van der Waals surface area (Å²) in [6.07, 6.45) is -28.5. The topological polar surface area (TPSA) is 791 Å². The number of benzene rings is 1. The molecule has 1 saturated heterocycles. The molecule has 0 radical (unpaired) electrons. The highest BCUT2D eigenvalue weighted by atomic mass is 16.7. The van der Waals surface area contributed by atoms with Crippen LogP contribution in [0.3, 0.4) is 0 Å². The smallest absolute Gasteiger partial charge is 0.218 e. The number of ether oxygens (including phenoxy) is 9. The summed E-state index contributed by atoms with van der Waals surface area (Å²) in [5, 5.41) is 379. The Hall–Kier alpha value is -6.60. The first-order valence-electron chi connectivity index (χ1n) is 46.1. The first-order valence-corrected chi connectivity index (χ1v) is 46.1. The van der Waals surface area contributed by atoms with E-state index in [0.29, 0.717) is 25.7 Å². The fourth-order valence-corrected chi connectivity index (χ4v) is 14.9. The molecule has 134 heavy (non-hydrogen) atoms. The molecule has 1 aromatic rings. The molecule has 0 bridgehead atoms. The minimum absolute atomic E-state index is 0.140. The van der Waals surface area contributed by atoms with Crippen molar-refractivity contribution in [1.82, 2.24) is 0 Å². The molecule has 44 nitrogen and oxygen atoms in total. The molecule has 2 rings (SSSR count). The van der Waals surface area contributed by atoms with Gasteiger partial charge in [0.2, 0.25) is 44.0 Å². The van der Waals surface area contributed by atoms with Crippen LogP contribution in [0.4, 0.5) is 0 Å². The van der Waals surface area contributed by atoms with Gasteiger partial charge >= 0.3 is 0 Å². The SMILES string of the molecule is CCCCCCCCCCCCCCC(CO[C@H](O)/C(O)=C(/O)[C@@H](CCO)O[C@H](O)/C(O)=C(/O)[C@H](O)CCO)(CO[C@H](O)/C(O)=C(/O)[C@@H](CCO)O[C@H](O)/C(O)=C(/O)[C@H](O)CCO)Cc1ccccc1C[C@@](CCCCCCCCCCCCCC)(CO[C@H](O)/C(O)=C(/O)[C@@H](CCO)O[C@@H]1OC(CO)[C@@H](O)C(O)C1O)CO[C@H](O)/C(O)=C(/O)[C@@H](CCO)O[C@H](O)/C(O)=C(/O)[C@H](O)CCO. The molecule has 1 aromatic carbocycles. The van der Waals surface area contributed by atoms with Gasteiger partial charge in [0.15, 0.2) is 86.9 Å². The Morgan fingerprint density at radius 2 is 0.530 bits per heavy atom. The van der Waals surface area contributed by atoms with E-state index >= 15 is 0 Å². The molecule has 44 heteroatoms. The third kappa shape index (κ3) is 43.4. The van der Waals surface area contributed by atoms with Gasteiger partial charge in [0.05, 0.1) is 33.0 Å². The average Bonchev–Trinajstić information content (AvgIpc) is 0.807. The number of unbranched alkanes of at least 4 members (excludes halogenated alkanes) is 22. The van der Waals surface area contributed by atoms with Gasteiger partial charge in [-0.1, -0.05) is 192 Å². The summed E-state index contributed by atoms with van der Waals surface area (Å²) in [6.45, 7) is -6.11. The minimum Gasteiger partial charge on any atom is -0.506 e. The Balaban J connectivity index is 3.41. The molecule has 20 atom stereocenters. The maximum absolute atomic E-state index is 12.0. The lowest BCUT2D eigenvalue weighted by atomic mass is 9.73. The molecule has 1 aliphatic heterocycles. The first kappa shape index (κ1) is 123. The van der Waals surface area contributed by atoms with Crippen molar-refractivity contribution in [3.8, 4) is 0 Å². The van der Waals surface area contributed by atoms with E-state index < -0.39 is 346 Å². The predicted octanol–water partition coefficient (Wildman–Crippen LogP) is 4.62. The molecule has 0 spiro atoms. The molecule has 1 heterocycles. The summed E-state index contributed by atoms with van der Waals surface area (Å²) in [5.41, 5.74) is -3.24. The molecule has 3 unspecified atom stereocenters. The van der Waals surface area contributed by atoms with Crippen LogP contribution in [-0.2, 0) is 55.5 Å². The maximum Gasteiger partial charge on any atom is 0.218 e. The van der Waals surface area contributed by atoms with Gasteiger partial charge in [-0.3, -0.25) is 0 Å². The standard InChI is InChI=1S/C90H158O44/c1-3-5-7-9-11-13-15-17-19-21-23-27-38-89(50-126-81(119)76(114)67(105)59(34-43-94)130-85(123)73(111)64(102)56(99)31-40-91,51-127-82(120)77(115)68(106)60(35-44-95)131-86(124)74(112)65(103)57(100)32-41-92)47-54-29-25-26-30-55(54)48-90(39-28-24-22-20-18-16-14-12-10-8-6-4-2,52-128-83(121)78(116)69(107)61(36-45-96)132-87(125)75(113)66(104)58(101)33-42-93)53-129-84(122)79(117)70(108)62(37-46-97)133-88-80(118)72(110)71(109)63(49-98)134-88/h25-26,29-30,56-63,71-72,80-88,91-125H,3-24,27-28,31-53H2,1-2H3/b73-64-,74-65-,75-66-,76-67-,77-68-,78-69-,79-70-/t56-,57-,58-,59-,60-,61-,62-,63?,71-,72?,80?,81+,82+,83+,84+,85+,86+,87+,88-,90-/m1/s1. The monoisotopic (exact) mass is 1940 g/mol. The van der Waals surface area contributed by atoms with Crippen molar-refractivity contribution in [3.05, 3.63) is 116 Å². The van der Waals surface area contributed by atoms with Crippen LogP contribution in [0.25, 0.3) is 0 Å². The van der Waals surface area contributed by atoms with E-state index in [2.05, 4.69) is 13.8 Å². The van der Waals surface area contributed by atoms with Gasteiger partial charge in [0.1, 0.15) is 67.1 Å². The second-order valence-corrected chi connectivity index (χ2v) is 33.8. The van der Waals surface area contributed by atoms with Crippen molar-refractivity contribution in [2.45, 2.75) is 356 Å². The number of hydrogen-bond acceptors (Lipinski definition) is 44. The lowest BCUT2D eigenvalue weighted by Gasteiger charge is -2.40. The van der Waals surface area contributed by atoms with Crippen LogP contribution < -0.4 is 0 Å². The summed E-state index contributed by atoms with van der Waals surface area (Å²) in [4.78, 5) is 0. The molecule has 0 amide bonds. The number of aliphatic hydroxyl groups excluding tert-OH is 35. The fraction of sp³-hybridized carbons (Fsp3) is 0.778. The van der Waals surface area contributed by atoms with Crippen LogP contribution in [0.2, 0.25) is 0 Å². The van der Waals surface area contributed by atoms with Crippen LogP contribution in [0.1, 0.15) is 237 Å².